The zero-order chi connectivity index (χ0) is 14.5. The Morgan fingerprint density at radius 2 is 2.15 bits per heavy atom. The van der Waals surface area contributed by atoms with Crippen molar-refractivity contribution in [3.05, 3.63) is 52.1 Å². The number of nitrogens with zero attached hydrogens (tertiary/aromatic N) is 2. The molecule has 0 bridgehead atoms. The average Bonchev–Trinajstić information content (AvgIpc) is 2.47. The molecule has 100 valence electrons. The van der Waals surface area contributed by atoms with E-state index in [-0.39, 0.29) is 5.91 Å². The first-order valence-electron chi connectivity index (χ1n) is 5.79. The van der Waals surface area contributed by atoms with Crippen LogP contribution < -0.4 is 10.6 Å². The van der Waals surface area contributed by atoms with Gasteiger partial charge in [0.1, 0.15) is 11.9 Å². The van der Waals surface area contributed by atoms with Gasteiger partial charge >= 0.3 is 0 Å². The summed E-state index contributed by atoms with van der Waals surface area (Å²) in [6, 6.07) is 10.5. The molecule has 0 radical (unpaired) electrons. The lowest BCUT2D eigenvalue weighted by molar-refractivity contribution is 0.102. The summed E-state index contributed by atoms with van der Waals surface area (Å²) in [5.74, 6) is 0.144. The summed E-state index contributed by atoms with van der Waals surface area (Å²) in [5, 5.41) is 14.6. The molecule has 5 nitrogen and oxygen atoms in total. The molecule has 1 aromatic heterocycles. The SMILES string of the molecule is CNc1ncc(Br)cc1C(=O)Nc1ccccc1C#N. The topological polar surface area (TPSA) is 77.8 Å². The van der Waals surface area contributed by atoms with Crippen molar-refractivity contribution in [1.82, 2.24) is 4.98 Å². The molecule has 2 rings (SSSR count). The van der Waals surface area contributed by atoms with Crippen LogP contribution in [0.15, 0.2) is 41.0 Å². The molecular formula is C14H11BrN4O. The Hall–Kier alpha value is -2.39. The van der Waals surface area contributed by atoms with Crippen LogP contribution in [-0.4, -0.2) is 17.9 Å². The molecule has 1 aromatic carbocycles. The van der Waals surface area contributed by atoms with Crippen LogP contribution in [0.3, 0.4) is 0 Å². The standard InChI is InChI=1S/C14H11BrN4O/c1-17-13-11(6-10(15)8-18-13)14(20)19-12-5-3-2-4-9(12)7-16/h2-6,8H,1H3,(H,17,18)(H,19,20). The van der Waals surface area contributed by atoms with E-state index in [1.165, 1.54) is 0 Å². The summed E-state index contributed by atoms with van der Waals surface area (Å²) < 4.78 is 0.704. The molecule has 0 aliphatic carbocycles. The van der Waals surface area contributed by atoms with Crippen molar-refractivity contribution in [2.45, 2.75) is 0 Å². The molecule has 2 N–H and O–H groups in total. The summed E-state index contributed by atoms with van der Waals surface area (Å²) in [6.45, 7) is 0. The molecule has 1 heterocycles. The molecular weight excluding hydrogens is 320 g/mol. The van der Waals surface area contributed by atoms with E-state index in [4.69, 9.17) is 5.26 Å². The molecule has 2 aromatic rings. The van der Waals surface area contributed by atoms with E-state index in [2.05, 4.69) is 31.5 Å². The van der Waals surface area contributed by atoms with Crippen LogP contribution in [0.5, 0.6) is 0 Å². The number of nitrogens with one attached hydrogen (secondary N) is 2. The van der Waals surface area contributed by atoms with E-state index in [1.54, 1.807) is 43.6 Å². The first-order chi connectivity index (χ1) is 9.65. The van der Waals surface area contributed by atoms with Gasteiger partial charge in [0.2, 0.25) is 0 Å². The molecule has 0 spiro atoms. The molecule has 20 heavy (non-hydrogen) atoms. The van der Waals surface area contributed by atoms with E-state index in [0.29, 0.717) is 27.1 Å². The first-order valence-corrected chi connectivity index (χ1v) is 6.58. The number of pyridine rings is 1. The van der Waals surface area contributed by atoms with Gasteiger partial charge in [-0.1, -0.05) is 12.1 Å². The van der Waals surface area contributed by atoms with E-state index < -0.39 is 0 Å². The van der Waals surface area contributed by atoms with Crippen LogP contribution in [0.2, 0.25) is 0 Å². The van der Waals surface area contributed by atoms with Crippen molar-refractivity contribution in [3.8, 4) is 6.07 Å². The number of hydrogen-bond donors (Lipinski definition) is 2. The summed E-state index contributed by atoms with van der Waals surface area (Å²) in [4.78, 5) is 16.4. The lowest BCUT2D eigenvalue weighted by Crippen LogP contribution is -2.15. The number of rotatable bonds is 3. The Morgan fingerprint density at radius 1 is 1.40 bits per heavy atom. The smallest absolute Gasteiger partial charge is 0.259 e. The average molecular weight is 331 g/mol. The van der Waals surface area contributed by atoms with Gasteiger partial charge in [0.15, 0.2) is 0 Å². The van der Waals surface area contributed by atoms with Crippen molar-refractivity contribution >= 4 is 33.3 Å². The van der Waals surface area contributed by atoms with Gasteiger partial charge in [0.25, 0.3) is 5.91 Å². The van der Waals surface area contributed by atoms with E-state index >= 15 is 0 Å². The molecule has 0 aliphatic rings. The number of hydrogen-bond acceptors (Lipinski definition) is 4. The summed E-state index contributed by atoms with van der Waals surface area (Å²) in [7, 11) is 1.69. The highest BCUT2D eigenvalue weighted by Crippen LogP contribution is 2.20. The summed E-state index contributed by atoms with van der Waals surface area (Å²) in [5.41, 5.74) is 1.28. The van der Waals surface area contributed by atoms with Crippen LogP contribution in [0.1, 0.15) is 15.9 Å². The van der Waals surface area contributed by atoms with Gasteiger partial charge in [0, 0.05) is 17.7 Å². The molecule has 0 atom stereocenters. The minimum absolute atomic E-state index is 0.328. The third-order valence-corrected chi connectivity index (χ3v) is 3.07. The number of amides is 1. The third kappa shape index (κ3) is 2.95. The van der Waals surface area contributed by atoms with Crippen molar-refractivity contribution in [3.63, 3.8) is 0 Å². The second kappa shape index (κ2) is 6.17. The predicted octanol–water partition coefficient (Wildman–Crippen LogP) is 3.01. The largest absolute Gasteiger partial charge is 0.372 e. The summed E-state index contributed by atoms with van der Waals surface area (Å²) in [6.07, 6.45) is 1.60. The number of anilines is 2. The molecule has 1 amide bonds. The Balaban J connectivity index is 2.33. The van der Waals surface area contributed by atoms with Gasteiger partial charge in [-0.25, -0.2) is 4.98 Å². The van der Waals surface area contributed by atoms with Crippen molar-refractivity contribution < 1.29 is 4.79 Å². The van der Waals surface area contributed by atoms with Crippen molar-refractivity contribution in [2.24, 2.45) is 0 Å². The van der Waals surface area contributed by atoms with Crippen molar-refractivity contribution in [1.29, 1.82) is 5.26 Å². The maximum Gasteiger partial charge on any atom is 0.259 e. The van der Waals surface area contributed by atoms with Crippen molar-refractivity contribution in [2.75, 3.05) is 17.7 Å². The van der Waals surface area contributed by atoms with E-state index in [9.17, 15) is 4.79 Å². The normalized spacial score (nSPS) is 9.65. The van der Waals surface area contributed by atoms with Gasteiger partial charge in [-0.15, -0.1) is 0 Å². The zero-order valence-corrected chi connectivity index (χ0v) is 12.2. The van der Waals surface area contributed by atoms with E-state index in [1.807, 2.05) is 6.07 Å². The minimum atomic E-state index is -0.328. The van der Waals surface area contributed by atoms with Crippen LogP contribution in [-0.2, 0) is 0 Å². The molecule has 0 aliphatic heterocycles. The number of para-hydroxylation sites is 1. The fourth-order valence-corrected chi connectivity index (χ4v) is 2.02. The van der Waals surface area contributed by atoms with Crippen LogP contribution in [0.4, 0.5) is 11.5 Å². The summed E-state index contributed by atoms with van der Waals surface area (Å²) >= 11 is 3.28. The lowest BCUT2D eigenvalue weighted by atomic mass is 10.1. The van der Waals surface area contributed by atoms with Crippen LogP contribution in [0.25, 0.3) is 0 Å². The minimum Gasteiger partial charge on any atom is -0.372 e. The second-order valence-corrected chi connectivity index (χ2v) is 4.83. The highest BCUT2D eigenvalue weighted by atomic mass is 79.9. The Bertz CT molecular complexity index is 694. The number of aromatic nitrogens is 1. The predicted molar refractivity (Wildman–Crippen MR) is 80.6 cm³/mol. The third-order valence-electron chi connectivity index (χ3n) is 2.63. The maximum absolute atomic E-state index is 12.3. The fraction of sp³-hybridized carbons (Fsp3) is 0.0714. The second-order valence-electron chi connectivity index (χ2n) is 3.91. The highest BCUT2D eigenvalue weighted by Gasteiger charge is 2.14. The van der Waals surface area contributed by atoms with Gasteiger partial charge in [-0.05, 0) is 34.1 Å². The number of halogens is 1. The monoisotopic (exact) mass is 330 g/mol. The molecule has 0 unspecified atom stereocenters. The highest BCUT2D eigenvalue weighted by molar-refractivity contribution is 9.10. The number of nitriles is 1. The van der Waals surface area contributed by atoms with Crippen LogP contribution in [0, 0.1) is 11.3 Å². The van der Waals surface area contributed by atoms with Gasteiger partial charge in [-0.2, -0.15) is 5.26 Å². The quantitative estimate of drug-likeness (QED) is 0.906. The fourth-order valence-electron chi connectivity index (χ4n) is 1.69. The lowest BCUT2D eigenvalue weighted by Gasteiger charge is -2.10. The number of benzene rings is 1. The van der Waals surface area contributed by atoms with Crippen LogP contribution >= 0.6 is 15.9 Å². The van der Waals surface area contributed by atoms with E-state index in [0.717, 1.165) is 0 Å². The van der Waals surface area contributed by atoms with Gasteiger partial charge in [0.05, 0.1) is 16.8 Å². The van der Waals surface area contributed by atoms with Gasteiger partial charge < -0.3 is 10.6 Å². The molecule has 6 heteroatoms. The Labute approximate surface area is 124 Å². The zero-order valence-electron chi connectivity index (χ0n) is 10.6. The van der Waals surface area contributed by atoms with Gasteiger partial charge in [-0.3, -0.25) is 4.79 Å². The molecule has 0 saturated carbocycles. The number of carbonyl (C=O) groups excluding carboxylic acids is 1. The Kier molecular flexibility index (Phi) is 4.33. The number of carbonyl (C=O) groups is 1. The molecule has 0 saturated heterocycles. The molecule has 0 fully saturated rings. The maximum atomic E-state index is 12.3. The first kappa shape index (κ1) is 14.0. The Morgan fingerprint density at radius 3 is 2.85 bits per heavy atom.